The lowest BCUT2D eigenvalue weighted by Crippen LogP contribution is -2.23. The standard InChI is InChI=1S/C11H10N2O3S/c1-7-5-8(13-16-7)6-17-10-9(11(14)15)3-2-4-12-10/h2-5H,6H2,1H3,(H,14,15)/p-1. The molecule has 0 atom stereocenters. The van der Waals surface area contributed by atoms with E-state index in [0.717, 1.165) is 11.5 Å². The van der Waals surface area contributed by atoms with Crippen LogP contribution in [0, 0.1) is 6.92 Å². The molecule has 0 aromatic carbocycles. The quantitative estimate of drug-likeness (QED) is 0.753. The summed E-state index contributed by atoms with van der Waals surface area (Å²) in [6.45, 7) is 1.80. The molecule has 0 aliphatic heterocycles. The summed E-state index contributed by atoms with van der Waals surface area (Å²) >= 11 is 1.29. The molecule has 5 nitrogen and oxygen atoms in total. The molecule has 6 heteroatoms. The van der Waals surface area contributed by atoms with Gasteiger partial charge in [0.2, 0.25) is 0 Å². The van der Waals surface area contributed by atoms with E-state index in [-0.39, 0.29) is 5.56 Å². The fourth-order valence-electron chi connectivity index (χ4n) is 1.29. The van der Waals surface area contributed by atoms with Crippen molar-refractivity contribution < 1.29 is 14.4 Å². The Morgan fingerprint density at radius 2 is 2.41 bits per heavy atom. The van der Waals surface area contributed by atoms with Crippen molar-refractivity contribution in [3.8, 4) is 0 Å². The monoisotopic (exact) mass is 249 g/mol. The van der Waals surface area contributed by atoms with E-state index in [1.165, 1.54) is 17.8 Å². The number of aryl methyl sites for hydroxylation is 1. The van der Waals surface area contributed by atoms with Crippen LogP contribution in [0.5, 0.6) is 0 Å². The van der Waals surface area contributed by atoms with Gasteiger partial charge in [0.25, 0.3) is 0 Å². The number of carbonyl (C=O) groups is 1. The Labute approximate surface area is 102 Å². The molecule has 2 aromatic heterocycles. The van der Waals surface area contributed by atoms with Gasteiger partial charge >= 0.3 is 0 Å². The highest BCUT2D eigenvalue weighted by Crippen LogP contribution is 2.23. The van der Waals surface area contributed by atoms with E-state index in [1.54, 1.807) is 25.3 Å². The number of carboxylic acid groups (broad SMARTS) is 1. The van der Waals surface area contributed by atoms with Crippen LogP contribution >= 0.6 is 11.8 Å². The molecule has 0 saturated carbocycles. The second kappa shape index (κ2) is 5.01. The number of nitrogens with zero attached hydrogens (tertiary/aromatic N) is 2. The predicted molar refractivity (Wildman–Crippen MR) is 59.4 cm³/mol. The highest BCUT2D eigenvalue weighted by molar-refractivity contribution is 7.98. The molecule has 0 aliphatic rings. The second-order valence-electron chi connectivity index (χ2n) is 3.36. The first-order chi connectivity index (χ1) is 8.16. The molecule has 0 amide bonds. The maximum Gasteiger partial charge on any atom is 0.133 e. The number of carboxylic acids is 1. The van der Waals surface area contributed by atoms with Crippen LogP contribution < -0.4 is 5.11 Å². The molecular weight excluding hydrogens is 240 g/mol. The second-order valence-corrected chi connectivity index (χ2v) is 4.33. The first kappa shape index (κ1) is 11.7. The summed E-state index contributed by atoms with van der Waals surface area (Å²) in [5, 5.41) is 15.1. The smallest absolute Gasteiger partial charge is 0.133 e. The van der Waals surface area contributed by atoms with E-state index in [1.807, 2.05) is 0 Å². The molecule has 88 valence electrons. The average molecular weight is 249 g/mol. The number of hydrogen-bond acceptors (Lipinski definition) is 6. The summed E-state index contributed by atoms with van der Waals surface area (Å²) in [6.07, 6.45) is 1.54. The predicted octanol–water partition coefficient (Wildman–Crippen LogP) is 1.03. The van der Waals surface area contributed by atoms with Crippen molar-refractivity contribution in [2.45, 2.75) is 17.7 Å². The van der Waals surface area contributed by atoms with Gasteiger partial charge in [-0.05, 0) is 19.1 Å². The van der Waals surface area contributed by atoms with Crippen molar-refractivity contribution in [1.82, 2.24) is 10.1 Å². The lowest BCUT2D eigenvalue weighted by molar-refractivity contribution is -0.255. The van der Waals surface area contributed by atoms with Crippen LogP contribution in [-0.4, -0.2) is 16.1 Å². The summed E-state index contributed by atoms with van der Waals surface area (Å²) in [6, 6.07) is 4.84. The number of aromatic carboxylic acids is 1. The van der Waals surface area contributed by atoms with Crippen LogP contribution in [-0.2, 0) is 5.75 Å². The van der Waals surface area contributed by atoms with Gasteiger partial charge in [-0.2, -0.15) is 0 Å². The van der Waals surface area contributed by atoms with E-state index in [9.17, 15) is 9.90 Å². The molecule has 0 unspecified atom stereocenters. The minimum Gasteiger partial charge on any atom is -0.545 e. The zero-order chi connectivity index (χ0) is 12.3. The molecule has 0 saturated heterocycles. The first-order valence-corrected chi connectivity index (χ1v) is 5.87. The maximum absolute atomic E-state index is 10.8. The Bertz CT molecular complexity index is 539. The van der Waals surface area contributed by atoms with Gasteiger partial charge in [-0.25, -0.2) is 4.98 Å². The van der Waals surface area contributed by atoms with Crippen molar-refractivity contribution in [3.63, 3.8) is 0 Å². The van der Waals surface area contributed by atoms with Gasteiger partial charge in [-0.3, -0.25) is 0 Å². The maximum atomic E-state index is 10.8. The van der Waals surface area contributed by atoms with Crippen LogP contribution in [0.3, 0.4) is 0 Å². The molecule has 0 N–H and O–H groups in total. The molecule has 0 bridgehead atoms. The van der Waals surface area contributed by atoms with Gasteiger partial charge < -0.3 is 14.4 Å². The third-order valence-electron chi connectivity index (χ3n) is 2.02. The molecule has 2 aromatic rings. The van der Waals surface area contributed by atoms with Gasteiger partial charge in [0.1, 0.15) is 10.8 Å². The number of carbonyl (C=O) groups excluding carboxylic acids is 1. The van der Waals surface area contributed by atoms with E-state index in [0.29, 0.717) is 10.8 Å². The van der Waals surface area contributed by atoms with E-state index in [2.05, 4.69) is 10.1 Å². The van der Waals surface area contributed by atoms with Crippen molar-refractivity contribution in [2.75, 3.05) is 0 Å². The number of rotatable bonds is 4. The molecule has 2 heterocycles. The Balaban J connectivity index is 2.11. The minimum atomic E-state index is -1.23. The highest BCUT2D eigenvalue weighted by atomic mass is 32.2. The Kier molecular flexibility index (Phi) is 3.43. The molecule has 17 heavy (non-hydrogen) atoms. The lowest BCUT2D eigenvalue weighted by atomic mass is 10.3. The van der Waals surface area contributed by atoms with Crippen LogP contribution in [0.15, 0.2) is 33.9 Å². The van der Waals surface area contributed by atoms with Crippen LogP contribution in [0.25, 0.3) is 0 Å². The zero-order valence-corrected chi connectivity index (χ0v) is 9.86. The van der Waals surface area contributed by atoms with E-state index in [4.69, 9.17) is 4.52 Å². The fourth-order valence-corrected chi connectivity index (χ4v) is 2.15. The number of pyridine rings is 1. The van der Waals surface area contributed by atoms with Gasteiger partial charge in [-0.15, -0.1) is 0 Å². The third kappa shape index (κ3) is 2.85. The molecule has 0 aliphatic carbocycles. The topological polar surface area (TPSA) is 79.0 Å². The van der Waals surface area contributed by atoms with Gasteiger partial charge in [0.15, 0.2) is 0 Å². The van der Waals surface area contributed by atoms with Gasteiger partial charge in [-0.1, -0.05) is 16.9 Å². The van der Waals surface area contributed by atoms with Crippen molar-refractivity contribution in [2.24, 2.45) is 0 Å². The van der Waals surface area contributed by atoms with Crippen LogP contribution in [0.1, 0.15) is 21.8 Å². The summed E-state index contributed by atoms with van der Waals surface area (Å²) in [5.74, 6) is 0.00734. The van der Waals surface area contributed by atoms with Gasteiger partial charge in [0.05, 0.1) is 11.7 Å². The molecular formula is C11H9N2O3S-. The average Bonchev–Trinajstić information content (AvgIpc) is 2.73. The third-order valence-corrected chi connectivity index (χ3v) is 3.06. The first-order valence-electron chi connectivity index (χ1n) is 4.88. The van der Waals surface area contributed by atoms with Crippen molar-refractivity contribution in [3.05, 3.63) is 41.4 Å². The number of aromatic nitrogens is 2. The minimum absolute atomic E-state index is 0.0951. The normalized spacial score (nSPS) is 10.4. The highest BCUT2D eigenvalue weighted by Gasteiger charge is 2.07. The zero-order valence-electron chi connectivity index (χ0n) is 9.04. The molecule has 2 rings (SSSR count). The molecule has 0 fully saturated rings. The van der Waals surface area contributed by atoms with Crippen molar-refractivity contribution >= 4 is 17.7 Å². The Hall–Kier alpha value is -1.82. The SMILES string of the molecule is Cc1cc(CSc2ncccc2C(=O)[O-])no1. The Morgan fingerprint density at radius 1 is 1.59 bits per heavy atom. The van der Waals surface area contributed by atoms with E-state index >= 15 is 0 Å². The van der Waals surface area contributed by atoms with Crippen LogP contribution in [0.2, 0.25) is 0 Å². The van der Waals surface area contributed by atoms with Gasteiger partial charge in [0, 0.05) is 23.6 Å². The summed E-state index contributed by atoms with van der Waals surface area (Å²) in [4.78, 5) is 14.8. The van der Waals surface area contributed by atoms with E-state index < -0.39 is 5.97 Å². The fraction of sp³-hybridized carbons (Fsp3) is 0.182. The number of thioether (sulfide) groups is 1. The number of hydrogen-bond donors (Lipinski definition) is 0. The summed E-state index contributed by atoms with van der Waals surface area (Å²) in [5.41, 5.74) is 0.847. The summed E-state index contributed by atoms with van der Waals surface area (Å²) < 4.78 is 4.92. The largest absolute Gasteiger partial charge is 0.545 e. The lowest BCUT2D eigenvalue weighted by Gasteiger charge is -2.07. The molecule has 0 spiro atoms. The Morgan fingerprint density at radius 3 is 3.06 bits per heavy atom. The van der Waals surface area contributed by atoms with Crippen LogP contribution in [0.4, 0.5) is 0 Å². The summed E-state index contributed by atoms with van der Waals surface area (Å²) in [7, 11) is 0. The molecule has 0 radical (unpaired) electrons. The van der Waals surface area contributed by atoms with Crippen molar-refractivity contribution in [1.29, 1.82) is 0 Å².